The minimum absolute atomic E-state index is 0. The molecule has 76 heavy (non-hydrogen) atoms. The van der Waals surface area contributed by atoms with Gasteiger partial charge in [0.25, 0.3) is 0 Å². The molecule has 8 aromatic carbocycles. The van der Waals surface area contributed by atoms with Crippen LogP contribution in [0.5, 0.6) is 0 Å². The molecule has 400 valence electrons. The average Bonchev–Trinajstić information content (AvgIpc) is 3.41. The van der Waals surface area contributed by atoms with Gasteiger partial charge in [-0.25, -0.2) is 0 Å². The molecule has 0 unspecified atom stereocenters. The molecule has 0 aliphatic carbocycles. The molecule has 0 saturated carbocycles. The second-order valence-electron chi connectivity index (χ2n) is 21.7. The van der Waals surface area contributed by atoms with Crippen LogP contribution in [0.2, 0.25) is 0 Å². The van der Waals surface area contributed by atoms with Crippen LogP contribution in [0.3, 0.4) is 0 Å². The van der Waals surface area contributed by atoms with E-state index in [4.69, 9.17) is 0 Å². The van der Waals surface area contributed by atoms with Gasteiger partial charge in [-0.3, -0.25) is 0 Å². The topological polar surface area (TPSA) is 0 Å². The van der Waals surface area contributed by atoms with Crippen LogP contribution in [0.25, 0.3) is 0 Å². The number of hydrogen-bond acceptors (Lipinski definition) is 0. The summed E-state index contributed by atoms with van der Waals surface area (Å²) in [4.78, 5) is 0. The summed E-state index contributed by atoms with van der Waals surface area (Å²) in [6.07, 6.45) is 26.4. The highest BCUT2D eigenvalue weighted by atomic mass is 79.9. The second kappa shape index (κ2) is 33.2. The standard InChI is InChI=1S/C68H80P4.4BrH/c1-9-29-61(30-10-1)53-69(54-62-31-11-2-12-32-62)45-25-47-70(55-63-33-13-3-14-34-63,56-64-35-15-4-16-36-64)49-27-51-72(59-67-41-21-7-22-42-67,60-68-43-23-8-24-44-68)52-28-50-71(48-26-46-69,57-65-37-17-5-18-38-65)58-66-39-19-6-20-40-66;;;;/h1-24,29-44H,25-28,45-60H2;4*1H/q+4;;;;/p-4. The smallest absolute Gasteiger partial charge is 0.0846 e. The molecule has 1 aliphatic heterocycles. The van der Waals surface area contributed by atoms with Crippen molar-refractivity contribution >= 4 is 29.0 Å². The van der Waals surface area contributed by atoms with Crippen LogP contribution in [-0.4, -0.2) is 49.3 Å². The van der Waals surface area contributed by atoms with Gasteiger partial charge in [0.2, 0.25) is 0 Å². The highest BCUT2D eigenvalue weighted by Crippen LogP contribution is 2.73. The van der Waals surface area contributed by atoms with Crippen LogP contribution in [0.4, 0.5) is 0 Å². The van der Waals surface area contributed by atoms with Crippen molar-refractivity contribution < 1.29 is 67.9 Å². The Hall–Kier alpha value is -2.60. The minimum Gasteiger partial charge on any atom is -1.00 e. The van der Waals surface area contributed by atoms with Crippen LogP contribution >= 0.6 is 29.0 Å². The van der Waals surface area contributed by atoms with E-state index in [0.29, 0.717) is 0 Å². The normalized spacial score (nSPS) is 16.2. The summed E-state index contributed by atoms with van der Waals surface area (Å²) in [5, 5.41) is 0. The molecule has 1 aliphatic rings. The van der Waals surface area contributed by atoms with Gasteiger partial charge in [-0.15, -0.1) is 0 Å². The van der Waals surface area contributed by atoms with Crippen molar-refractivity contribution in [2.75, 3.05) is 49.3 Å². The third kappa shape index (κ3) is 19.9. The molecule has 0 amide bonds. The first-order valence-electron chi connectivity index (χ1n) is 27.2. The minimum atomic E-state index is -1.53. The lowest BCUT2D eigenvalue weighted by molar-refractivity contribution is -0.00100. The molecule has 0 radical (unpaired) electrons. The summed E-state index contributed by atoms with van der Waals surface area (Å²) < 4.78 is 0. The summed E-state index contributed by atoms with van der Waals surface area (Å²) in [7, 11) is -6.12. The molecule has 0 N–H and O–H groups in total. The molecule has 1 fully saturated rings. The van der Waals surface area contributed by atoms with Gasteiger partial charge in [0.15, 0.2) is 0 Å². The van der Waals surface area contributed by atoms with E-state index in [2.05, 4.69) is 243 Å². The Morgan fingerprint density at radius 2 is 0.276 bits per heavy atom. The summed E-state index contributed by atoms with van der Waals surface area (Å²) in [6, 6.07) is 93.9. The molecule has 0 spiro atoms. The van der Waals surface area contributed by atoms with Crippen LogP contribution in [0.15, 0.2) is 243 Å². The van der Waals surface area contributed by atoms with E-state index in [1.807, 2.05) is 0 Å². The Morgan fingerprint density at radius 1 is 0.171 bits per heavy atom. The predicted octanol–water partition coefficient (Wildman–Crippen LogP) is 7.25. The molecule has 1 saturated heterocycles. The quantitative estimate of drug-likeness (QED) is 0.0897. The summed E-state index contributed by atoms with van der Waals surface area (Å²) >= 11 is 0. The maximum absolute atomic E-state index is 2.45. The monoisotopic (exact) mass is 1340 g/mol. The van der Waals surface area contributed by atoms with Gasteiger partial charge in [-0.1, -0.05) is 243 Å². The van der Waals surface area contributed by atoms with Crippen LogP contribution < -0.4 is 67.9 Å². The van der Waals surface area contributed by atoms with Gasteiger partial charge in [-0.05, 0) is 44.5 Å². The number of hydrogen-bond donors (Lipinski definition) is 0. The fraction of sp³-hybridized carbons (Fsp3) is 0.294. The summed E-state index contributed by atoms with van der Waals surface area (Å²) in [5.41, 5.74) is 12.4. The first-order valence-corrected chi connectivity index (χ1v) is 37.3. The van der Waals surface area contributed by atoms with Crippen molar-refractivity contribution in [2.45, 2.75) is 75.0 Å². The summed E-state index contributed by atoms with van der Waals surface area (Å²) in [5.74, 6) is 0. The Labute approximate surface area is 504 Å². The van der Waals surface area contributed by atoms with Gasteiger partial charge >= 0.3 is 0 Å². The SMILES string of the molecule is [Br-].[Br-].[Br-].[Br-].c1ccc(C[P+]2(Cc3ccccc3)CCC[P+](Cc3ccccc3)(Cc3ccccc3)CCC[P+](Cc3ccccc3)(Cc3ccccc3)CCC[P+](Cc3ccccc3)(Cc3ccccc3)CCC2)cc1. The van der Waals surface area contributed by atoms with E-state index < -0.39 is 29.0 Å². The second-order valence-corrected chi connectivity index (χ2v) is 38.6. The lowest BCUT2D eigenvalue weighted by atomic mass is 10.2. The largest absolute Gasteiger partial charge is 1.00 e. The van der Waals surface area contributed by atoms with Crippen LogP contribution in [0, 0.1) is 0 Å². The molecular formula is C68H80Br4P4. The van der Waals surface area contributed by atoms with Crippen LogP contribution in [0.1, 0.15) is 70.2 Å². The number of rotatable bonds is 16. The first kappa shape index (κ1) is 64.2. The van der Waals surface area contributed by atoms with Crippen molar-refractivity contribution in [1.82, 2.24) is 0 Å². The predicted molar refractivity (Wildman–Crippen MR) is 326 cm³/mol. The van der Waals surface area contributed by atoms with Crippen molar-refractivity contribution in [1.29, 1.82) is 0 Å². The van der Waals surface area contributed by atoms with E-state index in [0.717, 1.165) is 0 Å². The molecule has 8 aromatic rings. The zero-order valence-electron chi connectivity index (χ0n) is 44.5. The maximum atomic E-state index is 2.45. The van der Waals surface area contributed by atoms with Gasteiger partial charge in [-0.2, -0.15) is 0 Å². The fourth-order valence-corrected chi connectivity index (χ4v) is 32.1. The van der Waals surface area contributed by atoms with E-state index in [-0.39, 0.29) is 67.9 Å². The average molecular weight is 1340 g/mol. The van der Waals surface area contributed by atoms with Crippen molar-refractivity contribution in [2.24, 2.45) is 0 Å². The van der Waals surface area contributed by atoms with E-state index in [9.17, 15) is 0 Å². The first-order chi connectivity index (χ1) is 35.5. The maximum Gasteiger partial charge on any atom is 0.0846 e. The Kier molecular flexibility index (Phi) is 28.1. The summed E-state index contributed by atoms with van der Waals surface area (Å²) in [6.45, 7) is 0. The molecule has 0 nitrogen and oxygen atoms in total. The molecule has 0 atom stereocenters. The van der Waals surface area contributed by atoms with Crippen molar-refractivity contribution in [3.8, 4) is 0 Å². The zero-order chi connectivity index (χ0) is 49.0. The van der Waals surface area contributed by atoms with Crippen molar-refractivity contribution in [3.63, 3.8) is 0 Å². The number of halogens is 4. The highest BCUT2D eigenvalue weighted by molar-refractivity contribution is 7.76. The van der Waals surface area contributed by atoms with Crippen LogP contribution in [-0.2, 0) is 49.3 Å². The Morgan fingerprint density at radius 3 is 0.382 bits per heavy atom. The number of benzene rings is 8. The molecule has 0 bridgehead atoms. The van der Waals surface area contributed by atoms with Gasteiger partial charge in [0, 0.05) is 54.7 Å². The van der Waals surface area contributed by atoms with E-state index >= 15 is 0 Å². The Bertz CT molecular complexity index is 2180. The molecule has 0 aromatic heterocycles. The molecule has 8 heteroatoms. The lowest BCUT2D eigenvalue weighted by Gasteiger charge is -2.35. The fourth-order valence-electron chi connectivity index (χ4n) is 12.7. The van der Waals surface area contributed by atoms with Gasteiger partial charge < -0.3 is 67.9 Å². The van der Waals surface area contributed by atoms with E-state index in [1.54, 1.807) is 44.5 Å². The highest BCUT2D eigenvalue weighted by Gasteiger charge is 2.47. The lowest BCUT2D eigenvalue weighted by Crippen LogP contribution is -3.00. The molecule has 9 rings (SSSR count). The molecular weight excluding hydrogens is 1260 g/mol. The van der Waals surface area contributed by atoms with Crippen molar-refractivity contribution in [3.05, 3.63) is 287 Å². The third-order valence-electron chi connectivity index (χ3n) is 15.9. The van der Waals surface area contributed by atoms with Gasteiger partial charge in [0.1, 0.15) is 0 Å². The van der Waals surface area contributed by atoms with Gasteiger partial charge in [0.05, 0.1) is 98.6 Å². The molecule has 1 heterocycles. The van der Waals surface area contributed by atoms with E-state index in [1.165, 1.54) is 124 Å². The third-order valence-corrected chi connectivity index (χ3v) is 34.4. The zero-order valence-corrected chi connectivity index (χ0v) is 54.5. The Balaban J connectivity index is 0.00000267.